The molecular weight excluding hydrogens is 412 g/mol. The van der Waals surface area contributed by atoms with Crippen molar-refractivity contribution < 1.29 is 17.9 Å². The Morgan fingerprint density at radius 1 is 1.06 bits per heavy atom. The number of rotatable bonds is 9. The highest BCUT2D eigenvalue weighted by Crippen LogP contribution is 2.23. The Morgan fingerprint density at radius 3 is 2.32 bits per heavy atom. The maximum absolute atomic E-state index is 12.5. The zero-order valence-corrected chi connectivity index (χ0v) is 19.2. The second-order valence-corrected chi connectivity index (χ2v) is 9.94. The van der Waals surface area contributed by atoms with Gasteiger partial charge >= 0.3 is 0 Å². The Morgan fingerprint density at radius 2 is 1.71 bits per heavy atom. The molecule has 0 spiro atoms. The molecule has 1 heterocycles. The summed E-state index contributed by atoms with van der Waals surface area (Å²) < 4.78 is 32.3. The molecule has 2 aromatic rings. The Labute approximate surface area is 185 Å². The SMILES string of the molecule is COc1ccc(S(=O)(=O)NCCC(=O)N2CCC(CCc3ccc(C)cc3)CC2)cc1. The Balaban J connectivity index is 1.38. The van der Waals surface area contributed by atoms with Gasteiger partial charge in [0.15, 0.2) is 0 Å². The van der Waals surface area contributed by atoms with Gasteiger partial charge in [0.2, 0.25) is 15.9 Å². The fourth-order valence-electron chi connectivity index (χ4n) is 3.89. The minimum absolute atomic E-state index is 0.00872. The van der Waals surface area contributed by atoms with Crippen LogP contribution in [0.4, 0.5) is 0 Å². The molecule has 1 saturated heterocycles. The molecule has 0 unspecified atom stereocenters. The van der Waals surface area contributed by atoms with Crippen molar-refractivity contribution in [2.24, 2.45) is 5.92 Å². The molecule has 1 aliphatic heterocycles. The third kappa shape index (κ3) is 6.80. The van der Waals surface area contributed by atoms with Gasteiger partial charge in [-0.05, 0) is 68.4 Å². The second-order valence-electron chi connectivity index (χ2n) is 8.17. The number of hydrogen-bond acceptors (Lipinski definition) is 4. The zero-order chi connectivity index (χ0) is 22.3. The predicted molar refractivity (Wildman–Crippen MR) is 122 cm³/mol. The van der Waals surface area contributed by atoms with Crippen molar-refractivity contribution in [1.29, 1.82) is 0 Å². The van der Waals surface area contributed by atoms with Crippen molar-refractivity contribution in [2.75, 3.05) is 26.7 Å². The molecule has 6 nitrogen and oxygen atoms in total. The van der Waals surface area contributed by atoms with Crippen molar-refractivity contribution >= 4 is 15.9 Å². The predicted octanol–water partition coefficient (Wildman–Crippen LogP) is 3.54. The molecule has 0 aliphatic carbocycles. The number of hydrogen-bond donors (Lipinski definition) is 1. The van der Waals surface area contributed by atoms with Crippen LogP contribution in [-0.4, -0.2) is 46.0 Å². The summed E-state index contributed by atoms with van der Waals surface area (Å²) in [6.07, 6.45) is 4.41. The molecular formula is C24H32N2O4S. The molecule has 7 heteroatoms. The standard InChI is InChI=1S/C24H32N2O4S/c1-19-3-5-20(6-4-19)7-8-21-14-17-26(18-15-21)24(27)13-16-25-31(28,29)23-11-9-22(30-2)10-12-23/h3-6,9-12,21,25H,7-8,13-18H2,1-2H3. The lowest BCUT2D eigenvalue weighted by molar-refractivity contribution is -0.132. The van der Waals surface area contributed by atoms with Gasteiger partial charge < -0.3 is 9.64 Å². The van der Waals surface area contributed by atoms with E-state index in [9.17, 15) is 13.2 Å². The number of methoxy groups -OCH3 is 1. The average molecular weight is 445 g/mol. The minimum atomic E-state index is -3.63. The first-order valence-corrected chi connectivity index (χ1v) is 12.3. The van der Waals surface area contributed by atoms with Gasteiger partial charge in [0.05, 0.1) is 12.0 Å². The van der Waals surface area contributed by atoms with Crippen LogP contribution in [-0.2, 0) is 21.2 Å². The molecule has 0 bridgehead atoms. The number of nitrogens with one attached hydrogen (secondary N) is 1. The fraction of sp³-hybridized carbons (Fsp3) is 0.458. The van der Waals surface area contributed by atoms with Gasteiger partial charge in [0, 0.05) is 26.1 Å². The van der Waals surface area contributed by atoms with Crippen LogP contribution in [0.25, 0.3) is 0 Å². The number of amides is 1. The normalized spacial score (nSPS) is 15.1. The van der Waals surface area contributed by atoms with Crippen LogP contribution in [0.15, 0.2) is 53.4 Å². The highest BCUT2D eigenvalue weighted by Gasteiger charge is 2.23. The lowest BCUT2D eigenvalue weighted by Gasteiger charge is -2.32. The molecule has 2 aromatic carbocycles. The number of carbonyl (C=O) groups is 1. The van der Waals surface area contributed by atoms with Crippen LogP contribution < -0.4 is 9.46 Å². The number of aryl methyl sites for hydroxylation is 2. The van der Waals surface area contributed by atoms with Crippen molar-refractivity contribution in [1.82, 2.24) is 9.62 Å². The Hall–Kier alpha value is -2.38. The van der Waals surface area contributed by atoms with Gasteiger partial charge in [-0.2, -0.15) is 0 Å². The van der Waals surface area contributed by atoms with Crippen molar-refractivity contribution in [2.45, 2.75) is 43.9 Å². The summed E-state index contributed by atoms with van der Waals surface area (Å²) in [6.45, 7) is 3.70. The molecule has 0 saturated carbocycles. The van der Waals surface area contributed by atoms with E-state index < -0.39 is 10.0 Å². The first-order chi connectivity index (χ1) is 14.9. The van der Waals surface area contributed by atoms with Crippen molar-refractivity contribution in [3.8, 4) is 5.75 Å². The molecule has 0 radical (unpaired) electrons. The topological polar surface area (TPSA) is 75.7 Å². The third-order valence-electron chi connectivity index (χ3n) is 5.93. The number of carbonyl (C=O) groups excluding carboxylic acids is 1. The molecule has 1 amide bonds. The van der Waals surface area contributed by atoms with Crippen LogP contribution in [0.1, 0.15) is 36.8 Å². The van der Waals surface area contributed by atoms with Gasteiger partial charge in [-0.3, -0.25) is 4.79 Å². The molecule has 1 aliphatic rings. The second kappa shape index (κ2) is 10.8. The smallest absolute Gasteiger partial charge is 0.240 e. The molecule has 3 rings (SSSR count). The number of benzene rings is 2. The number of likely N-dealkylation sites (tertiary alicyclic amines) is 1. The molecule has 0 aromatic heterocycles. The molecule has 31 heavy (non-hydrogen) atoms. The lowest BCUT2D eigenvalue weighted by atomic mass is 9.90. The van der Waals surface area contributed by atoms with E-state index in [1.165, 1.54) is 30.4 Å². The summed E-state index contributed by atoms with van der Waals surface area (Å²) in [7, 11) is -2.11. The quantitative estimate of drug-likeness (QED) is 0.642. The maximum atomic E-state index is 12.5. The van der Waals surface area contributed by atoms with Gasteiger partial charge in [-0.25, -0.2) is 13.1 Å². The van der Waals surface area contributed by atoms with E-state index >= 15 is 0 Å². The van der Waals surface area contributed by atoms with Gasteiger partial charge in [0.25, 0.3) is 0 Å². The van der Waals surface area contributed by atoms with Crippen LogP contribution in [0.3, 0.4) is 0 Å². The van der Waals surface area contributed by atoms with Crippen LogP contribution >= 0.6 is 0 Å². The Kier molecular flexibility index (Phi) is 8.09. The van der Waals surface area contributed by atoms with E-state index in [4.69, 9.17) is 4.74 Å². The minimum Gasteiger partial charge on any atom is -0.497 e. The first kappa shape index (κ1) is 23.3. The highest BCUT2D eigenvalue weighted by atomic mass is 32.2. The zero-order valence-electron chi connectivity index (χ0n) is 18.3. The summed E-state index contributed by atoms with van der Waals surface area (Å²) in [5.74, 6) is 1.24. The largest absolute Gasteiger partial charge is 0.497 e. The summed E-state index contributed by atoms with van der Waals surface area (Å²) >= 11 is 0. The number of sulfonamides is 1. The molecule has 1 N–H and O–H groups in total. The number of nitrogens with zero attached hydrogens (tertiary/aromatic N) is 1. The van der Waals surface area contributed by atoms with E-state index in [0.29, 0.717) is 11.7 Å². The molecule has 168 valence electrons. The summed E-state index contributed by atoms with van der Waals surface area (Å²) in [4.78, 5) is 14.5. The van der Waals surface area contributed by atoms with Crippen molar-refractivity contribution in [3.05, 3.63) is 59.7 Å². The average Bonchev–Trinajstić information content (AvgIpc) is 2.79. The lowest BCUT2D eigenvalue weighted by Crippen LogP contribution is -2.40. The van der Waals surface area contributed by atoms with E-state index in [2.05, 4.69) is 35.9 Å². The van der Waals surface area contributed by atoms with Gasteiger partial charge in [-0.1, -0.05) is 29.8 Å². The third-order valence-corrected chi connectivity index (χ3v) is 7.41. The van der Waals surface area contributed by atoms with Crippen LogP contribution in [0, 0.1) is 12.8 Å². The van der Waals surface area contributed by atoms with Gasteiger partial charge in [0.1, 0.15) is 5.75 Å². The number of piperidine rings is 1. The van der Waals surface area contributed by atoms with Gasteiger partial charge in [-0.15, -0.1) is 0 Å². The highest BCUT2D eigenvalue weighted by molar-refractivity contribution is 7.89. The van der Waals surface area contributed by atoms with E-state index in [1.807, 2.05) is 4.90 Å². The first-order valence-electron chi connectivity index (χ1n) is 10.8. The van der Waals surface area contributed by atoms with Crippen molar-refractivity contribution in [3.63, 3.8) is 0 Å². The van der Waals surface area contributed by atoms with E-state index in [0.717, 1.165) is 38.8 Å². The number of ether oxygens (including phenoxy) is 1. The van der Waals surface area contributed by atoms with E-state index in [1.54, 1.807) is 12.1 Å². The molecule has 0 atom stereocenters. The van der Waals surface area contributed by atoms with Crippen LogP contribution in [0.2, 0.25) is 0 Å². The molecule has 1 fully saturated rings. The monoisotopic (exact) mass is 444 g/mol. The maximum Gasteiger partial charge on any atom is 0.240 e. The van der Waals surface area contributed by atoms with E-state index in [-0.39, 0.29) is 23.8 Å². The summed E-state index contributed by atoms with van der Waals surface area (Å²) in [5, 5.41) is 0. The summed E-state index contributed by atoms with van der Waals surface area (Å²) in [5.41, 5.74) is 2.65. The fourth-order valence-corrected chi connectivity index (χ4v) is 4.92. The Bertz CT molecular complexity index is 948. The van der Waals surface area contributed by atoms with Crippen LogP contribution in [0.5, 0.6) is 5.75 Å². The summed E-state index contributed by atoms with van der Waals surface area (Å²) in [6, 6.07) is 14.9.